The predicted molar refractivity (Wildman–Crippen MR) is 108 cm³/mol. The Morgan fingerprint density at radius 1 is 1.22 bits per heavy atom. The minimum Gasteiger partial charge on any atom is -0.492 e. The molecule has 0 aliphatic carbocycles. The molecule has 2 aromatic carbocycles. The molecule has 0 bridgehead atoms. The van der Waals surface area contributed by atoms with E-state index in [0.717, 1.165) is 10.6 Å². The summed E-state index contributed by atoms with van der Waals surface area (Å²) in [4.78, 5) is 12.5. The summed E-state index contributed by atoms with van der Waals surface area (Å²) < 4.78 is 31.3. The molecule has 1 N–H and O–H groups in total. The van der Waals surface area contributed by atoms with E-state index in [-0.39, 0.29) is 13.2 Å². The second-order valence-electron chi connectivity index (χ2n) is 6.12. The molecule has 0 aromatic heterocycles. The normalized spacial score (nSPS) is 12.3. The number of anilines is 1. The third-order valence-corrected chi connectivity index (χ3v) is 5.37. The lowest BCUT2D eigenvalue weighted by atomic mass is 10.2. The quantitative estimate of drug-likeness (QED) is 0.679. The van der Waals surface area contributed by atoms with Gasteiger partial charge in [-0.2, -0.15) is 0 Å². The van der Waals surface area contributed by atoms with Crippen molar-refractivity contribution in [3.63, 3.8) is 0 Å². The molecule has 0 saturated heterocycles. The van der Waals surface area contributed by atoms with Crippen molar-refractivity contribution in [3.05, 3.63) is 59.1 Å². The number of nitrogens with one attached hydrogen (secondary N) is 1. The lowest BCUT2D eigenvalue weighted by Gasteiger charge is -2.29. The van der Waals surface area contributed by atoms with E-state index in [1.807, 2.05) is 30.3 Å². The lowest BCUT2D eigenvalue weighted by molar-refractivity contribution is -0.121. The summed E-state index contributed by atoms with van der Waals surface area (Å²) in [7, 11) is -3.69. The molecule has 8 heteroatoms. The molecule has 27 heavy (non-hydrogen) atoms. The fourth-order valence-electron chi connectivity index (χ4n) is 2.61. The molecule has 0 heterocycles. The third kappa shape index (κ3) is 5.87. The van der Waals surface area contributed by atoms with Crippen LogP contribution in [0.4, 0.5) is 5.69 Å². The molecule has 0 radical (unpaired) electrons. The highest BCUT2D eigenvalue weighted by atomic mass is 35.5. The Morgan fingerprint density at radius 2 is 1.89 bits per heavy atom. The number of hydrogen-bond donors (Lipinski definition) is 1. The van der Waals surface area contributed by atoms with Crippen molar-refractivity contribution in [2.24, 2.45) is 0 Å². The van der Waals surface area contributed by atoms with Gasteiger partial charge in [0.05, 0.1) is 18.5 Å². The van der Waals surface area contributed by atoms with Crippen molar-refractivity contribution in [2.75, 3.05) is 23.7 Å². The molecule has 0 fully saturated rings. The number of halogens is 1. The summed E-state index contributed by atoms with van der Waals surface area (Å²) in [5.41, 5.74) is 1.09. The molecule has 2 aromatic rings. The lowest BCUT2D eigenvalue weighted by Crippen LogP contribution is -2.48. The zero-order chi connectivity index (χ0) is 20.0. The average Bonchev–Trinajstić information content (AvgIpc) is 2.61. The first-order valence-electron chi connectivity index (χ1n) is 8.41. The fraction of sp³-hybridized carbons (Fsp3) is 0.316. The number of nitrogens with zero attached hydrogens (tertiary/aromatic N) is 1. The first-order chi connectivity index (χ1) is 12.7. The fourth-order valence-corrected chi connectivity index (χ4v) is 4.00. The van der Waals surface area contributed by atoms with Gasteiger partial charge in [-0.15, -0.1) is 0 Å². The topological polar surface area (TPSA) is 75.7 Å². The molecule has 2 rings (SSSR count). The van der Waals surface area contributed by atoms with Crippen molar-refractivity contribution in [2.45, 2.75) is 19.9 Å². The molecular weight excluding hydrogens is 388 g/mol. The van der Waals surface area contributed by atoms with Crippen LogP contribution in [-0.2, 0) is 14.8 Å². The van der Waals surface area contributed by atoms with E-state index in [9.17, 15) is 13.2 Å². The molecule has 0 aliphatic heterocycles. The number of carbonyl (C=O) groups is 1. The summed E-state index contributed by atoms with van der Waals surface area (Å²) in [6.07, 6.45) is 1.07. The van der Waals surface area contributed by atoms with Gasteiger partial charge in [-0.25, -0.2) is 8.42 Å². The van der Waals surface area contributed by atoms with Gasteiger partial charge in [-0.1, -0.05) is 35.9 Å². The number of benzene rings is 2. The second-order valence-corrected chi connectivity index (χ2v) is 8.41. The SMILES string of the molecule is Cc1ccc(Cl)cc1N([C@@H](C)C(=O)NCCOc1ccccc1)S(C)(=O)=O. The van der Waals surface area contributed by atoms with Crippen LogP contribution in [0.3, 0.4) is 0 Å². The minimum absolute atomic E-state index is 0.254. The Morgan fingerprint density at radius 3 is 2.52 bits per heavy atom. The van der Waals surface area contributed by atoms with Crippen LogP contribution in [0.2, 0.25) is 5.02 Å². The largest absolute Gasteiger partial charge is 0.492 e. The van der Waals surface area contributed by atoms with E-state index in [0.29, 0.717) is 22.0 Å². The summed E-state index contributed by atoms with van der Waals surface area (Å²) in [5, 5.41) is 3.10. The monoisotopic (exact) mass is 410 g/mol. The molecule has 0 unspecified atom stereocenters. The van der Waals surface area contributed by atoms with Gasteiger partial charge in [0.25, 0.3) is 0 Å². The number of hydrogen-bond acceptors (Lipinski definition) is 4. The van der Waals surface area contributed by atoms with E-state index >= 15 is 0 Å². The average molecular weight is 411 g/mol. The third-order valence-electron chi connectivity index (χ3n) is 3.91. The van der Waals surface area contributed by atoms with Gasteiger partial charge < -0.3 is 10.1 Å². The minimum atomic E-state index is -3.69. The highest BCUT2D eigenvalue weighted by molar-refractivity contribution is 7.92. The van der Waals surface area contributed by atoms with Gasteiger partial charge in [-0.05, 0) is 43.7 Å². The molecule has 146 valence electrons. The van der Waals surface area contributed by atoms with Gasteiger partial charge in [0.15, 0.2) is 0 Å². The number of carbonyl (C=O) groups excluding carboxylic acids is 1. The maximum absolute atomic E-state index is 12.5. The van der Waals surface area contributed by atoms with Gasteiger partial charge >= 0.3 is 0 Å². The van der Waals surface area contributed by atoms with Gasteiger partial charge in [0, 0.05) is 5.02 Å². The van der Waals surface area contributed by atoms with Crippen molar-refractivity contribution >= 4 is 33.2 Å². The number of ether oxygens (including phenoxy) is 1. The van der Waals surface area contributed by atoms with Crippen LogP contribution in [0.25, 0.3) is 0 Å². The highest BCUT2D eigenvalue weighted by Crippen LogP contribution is 2.28. The van der Waals surface area contributed by atoms with E-state index in [1.165, 1.54) is 6.92 Å². The predicted octanol–water partition coefficient (Wildman–Crippen LogP) is 3.00. The van der Waals surface area contributed by atoms with E-state index < -0.39 is 22.0 Å². The maximum Gasteiger partial charge on any atom is 0.243 e. The highest BCUT2D eigenvalue weighted by Gasteiger charge is 2.30. The Hall–Kier alpha value is -2.25. The zero-order valence-electron chi connectivity index (χ0n) is 15.5. The molecule has 6 nitrogen and oxygen atoms in total. The summed E-state index contributed by atoms with van der Waals surface area (Å²) in [6.45, 7) is 3.83. The number of rotatable bonds is 8. The second kappa shape index (κ2) is 9.10. The molecular formula is C19H23ClN2O4S. The summed E-state index contributed by atoms with van der Waals surface area (Å²) in [6, 6.07) is 13.2. The number of sulfonamides is 1. The van der Waals surface area contributed by atoms with Crippen LogP contribution in [0, 0.1) is 6.92 Å². The summed E-state index contributed by atoms with van der Waals surface area (Å²) >= 11 is 6.02. The van der Waals surface area contributed by atoms with Crippen molar-refractivity contribution in [3.8, 4) is 5.75 Å². The Bertz CT molecular complexity index is 888. The standard InChI is InChI=1S/C19H23ClN2O4S/c1-14-9-10-16(20)13-18(14)22(27(3,24)25)15(2)19(23)21-11-12-26-17-7-5-4-6-8-17/h4-10,13,15H,11-12H2,1-3H3,(H,21,23)/t15-/m0/s1. The van der Waals surface area contributed by atoms with E-state index in [2.05, 4.69) is 5.32 Å². The first kappa shape index (κ1) is 21.1. The number of aryl methyl sites for hydroxylation is 1. The van der Waals surface area contributed by atoms with Crippen LogP contribution in [0.1, 0.15) is 12.5 Å². The van der Waals surface area contributed by atoms with Crippen molar-refractivity contribution in [1.29, 1.82) is 0 Å². The summed E-state index contributed by atoms with van der Waals surface area (Å²) in [5.74, 6) is 0.281. The van der Waals surface area contributed by atoms with Gasteiger partial charge in [0.1, 0.15) is 18.4 Å². The van der Waals surface area contributed by atoms with Crippen LogP contribution < -0.4 is 14.4 Å². The molecule has 1 amide bonds. The smallest absolute Gasteiger partial charge is 0.243 e. The maximum atomic E-state index is 12.5. The Kier molecular flexibility index (Phi) is 7.10. The molecule has 0 aliphatic rings. The van der Waals surface area contributed by atoms with Crippen molar-refractivity contribution in [1.82, 2.24) is 5.32 Å². The molecule has 1 atom stereocenters. The molecule has 0 saturated carbocycles. The van der Waals surface area contributed by atoms with E-state index in [4.69, 9.17) is 16.3 Å². The van der Waals surface area contributed by atoms with E-state index in [1.54, 1.807) is 25.1 Å². The molecule has 0 spiro atoms. The Labute approximate surface area is 165 Å². The van der Waals surface area contributed by atoms with Crippen molar-refractivity contribution < 1.29 is 17.9 Å². The van der Waals surface area contributed by atoms with Crippen LogP contribution in [0.5, 0.6) is 5.75 Å². The van der Waals surface area contributed by atoms with Crippen LogP contribution in [0.15, 0.2) is 48.5 Å². The van der Waals surface area contributed by atoms with Crippen LogP contribution in [-0.4, -0.2) is 39.8 Å². The van der Waals surface area contributed by atoms with Crippen LogP contribution >= 0.6 is 11.6 Å². The number of para-hydroxylation sites is 1. The Balaban J connectivity index is 2.05. The van der Waals surface area contributed by atoms with Gasteiger partial charge in [0.2, 0.25) is 15.9 Å². The first-order valence-corrected chi connectivity index (χ1v) is 10.6. The number of amides is 1. The van der Waals surface area contributed by atoms with Gasteiger partial charge in [-0.3, -0.25) is 9.10 Å². The zero-order valence-corrected chi connectivity index (χ0v) is 17.0.